The molecule has 3 aromatic rings. The van der Waals surface area contributed by atoms with E-state index in [2.05, 4.69) is 36.6 Å². The van der Waals surface area contributed by atoms with Crippen molar-refractivity contribution in [3.8, 4) is 5.69 Å². The molecule has 0 fully saturated rings. The summed E-state index contributed by atoms with van der Waals surface area (Å²) in [6.07, 6.45) is 0. The van der Waals surface area contributed by atoms with E-state index >= 15 is 0 Å². The number of ketones is 1. The van der Waals surface area contributed by atoms with Crippen LogP contribution >= 0.6 is 23.4 Å². The third kappa shape index (κ3) is 3.74. The molecule has 2 nitrogen and oxygen atoms in total. The molecule has 0 aliphatic carbocycles. The minimum absolute atomic E-state index is 0.123. The number of carbonyl (C=O) groups is 1. The molecule has 0 saturated carbocycles. The summed E-state index contributed by atoms with van der Waals surface area (Å²) in [5.41, 5.74) is 6.44. The van der Waals surface area contributed by atoms with Crippen molar-refractivity contribution in [2.24, 2.45) is 0 Å². The Kier molecular flexibility index (Phi) is 5.59. The number of carbonyl (C=O) groups excluding carboxylic acids is 1. The molecule has 1 aromatic heterocycles. The van der Waals surface area contributed by atoms with Crippen LogP contribution < -0.4 is 0 Å². The normalized spacial score (nSPS) is 11.0. The van der Waals surface area contributed by atoms with Crippen molar-refractivity contribution >= 4 is 29.1 Å². The molecular formula is C22H22ClNOS. The van der Waals surface area contributed by atoms with Crippen LogP contribution in [0.1, 0.15) is 32.9 Å². The van der Waals surface area contributed by atoms with Gasteiger partial charge in [-0.05, 0) is 69.2 Å². The Labute approximate surface area is 164 Å². The number of rotatable bonds is 5. The van der Waals surface area contributed by atoms with E-state index in [4.69, 9.17) is 11.6 Å². The van der Waals surface area contributed by atoms with E-state index in [0.717, 1.165) is 27.5 Å². The van der Waals surface area contributed by atoms with Gasteiger partial charge in [0.05, 0.1) is 10.8 Å². The fourth-order valence-corrected chi connectivity index (χ4v) is 4.21. The molecule has 0 aliphatic rings. The van der Waals surface area contributed by atoms with Crippen LogP contribution in [0.15, 0.2) is 53.4 Å². The molecule has 0 saturated heterocycles. The second kappa shape index (κ2) is 7.73. The van der Waals surface area contributed by atoms with Crippen molar-refractivity contribution in [2.45, 2.75) is 32.6 Å². The van der Waals surface area contributed by atoms with Crippen molar-refractivity contribution in [1.29, 1.82) is 0 Å². The zero-order valence-electron chi connectivity index (χ0n) is 15.5. The fourth-order valence-electron chi connectivity index (χ4n) is 3.09. The van der Waals surface area contributed by atoms with Gasteiger partial charge in [0.15, 0.2) is 5.78 Å². The summed E-state index contributed by atoms with van der Waals surface area (Å²) in [6.45, 7) is 8.27. The molecule has 0 radical (unpaired) electrons. The van der Waals surface area contributed by atoms with Crippen molar-refractivity contribution in [1.82, 2.24) is 4.57 Å². The first-order chi connectivity index (χ1) is 12.4. The minimum atomic E-state index is 0.123. The highest BCUT2D eigenvalue weighted by atomic mass is 35.5. The number of nitrogens with zero attached hydrogens (tertiary/aromatic N) is 1. The standard InChI is InChI=1S/C22H22ClNOS/c1-14-9-10-18(11-15(14)2)24-16(3)12-19(17(24)4)21(25)13-26-22-8-6-5-7-20(22)23/h5-12H,13H2,1-4H3. The maximum atomic E-state index is 12.8. The molecular weight excluding hydrogens is 362 g/mol. The van der Waals surface area contributed by atoms with E-state index in [-0.39, 0.29) is 5.78 Å². The summed E-state index contributed by atoms with van der Waals surface area (Å²) in [5, 5.41) is 0.686. The molecule has 0 amide bonds. The second-order valence-electron chi connectivity index (χ2n) is 6.53. The Morgan fingerprint density at radius 2 is 1.73 bits per heavy atom. The van der Waals surface area contributed by atoms with Gasteiger partial charge in [0, 0.05) is 27.5 Å². The Bertz CT molecular complexity index is 974. The van der Waals surface area contributed by atoms with E-state index in [1.165, 1.54) is 22.9 Å². The number of aryl methyl sites for hydroxylation is 3. The van der Waals surface area contributed by atoms with E-state index < -0.39 is 0 Å². The SMILES string of the molecule is Cc1ccc(-n2c(C)cc(C(=O)CSc3ccccc3Cl)c2C)cc1C. The lowest BCUT2D eigenvalue weighted by atomic mass is 10.1. The first-order valence-corrected chi connectivity index (χ1v) is 9.92. The summed E-state index contributed by atoms with van der Waals surface area (Å²) in [5.74, 6) is 0.499. The first-order valence-electron chi connectivity index (χ1n) is 8.55. The number of Topliss-reactive ketones (excluding diaryl/α,β-unsaturated/α-hetero) is 1. The summed E-state index contributed by atoms with van der Waals surface area (Å²) in [6, 6.07) is 16.0. The van der Waals surface area contributed by atoms with Crippen LogP contribution in [0.3, 0.4) is 0 Å². The molecule has 1 heterocycles. The summed E-state index contributed by atoms with van der Waals surface area (Å²) in [4.78, 5) is 13.7. The van der Waals surface area contributed by atoms with Crippen LogP contribution in [0.25, 0.3) is 5.69 Å². The number of benzene rings is 2. The third-order valence-electron chi connectivity index (χ3n) is 4.68. The van der Waals surface area contributed by atoms with Gasteiger partial charge < -0.3 is 4.57 Å². The van der Waals surface area contributed by atoms with Crippen LogP contribution in [0.5, 0.6) is 0 Å². The Morgan fingerprint density at radius 1 is 1.00 bits per heavy atom. The number of aromatic nitrogens is 1. The molecule has 0 unspecified atom stereocenters. The highest BCUT2D eigenvalue weighted by molar-refractivity contribution is 8.00. The van der Waals surface area contributed by atoms with E-state index in [1.807, 2.05) is 44.2 Å². The van der Waals surface area contributed by atoms with Gasteiger partial charge in [-0.25, -0.2) is 0 Å². The average Bonchev–Trinajstić information content (AvgIpc) is 2.91. The zero-order valence-corrected chi connectivity index (χ0v) is 17.0. The Balaban J connectivity index is 1.86. The molecule has 0 bridgehead atoms. The second-order valence-corrected chi connectivity index (χ2v) is 7.96. The summed E-state index contributed by atoms with van der Waals surface area (Å²) >= 11 is 7.67. The van der Waals surface area contributed by atoms with Crippen LogP contribution in [0.2, 0.25) is 5.02 Å². The maximum absolute atomic E-state index is 12.8. The average molecular weight is 384 g/mol. The molecule has 0 N–H and O–H groups in total. The van der Waals surface area contributed by atoms with Crippen molar-refractivity contribution in [3.05, 3.63) is 81.6 Å². The van der Waals surface area contributed by atoms with Gasteiger partial charge in [-0.15, -0.1) is 11.8 Å². The highest BCUT2D eigenvalue weighted by Crippen LogP contribution is 2.29. The minimum Gasteiger partial charge on any atom is -0.318 e. The van der Waals surface area contributed by atoms with Crippen LogP contribution in [0, 0.1) is 27.7 Å². The molecule has 0 atom stereocenters. The number of hydrogen-bond donors (Lipinski definition) is 0. The van der Waals surface area contributed by atoms with Crippen LogP contribution in [-0.4, -0.2) is 16.1 Å². The smallest absolute Gasteiger partial charge is 0.174 e. The lowest BCUT2D eigenvalue weighted by Gasteiger charge is -2.12. The lowest BCUT2D eigenvalue weighted by Crippen LogP contribution is -2.06. The Hall–Kier alpha value is -1.97. The van der Waals surface area contributed by atoms with Gasteiger partial charge in [-0.1, -0.05) is 29.8 Å². The number of hydrogen-bond acceptors (Lipinski definition) is 2. The molecule has 26 heavy (non-hydrogen) atoms. The topological polar surface area (TPSA) is 22.0 Å². The monoisotopic (exact) mass is 383 g/mol. The molecule has 134 valence electrons. The third-order valence-corrected chi connectivity index (χ3v) is 6.19. The number of thioether (sulfide) groups is 1. The van der Waals surface area contributed by atoms with Gasteiger partial charge in [0.2, 0.25) is 0 Å². The molecule has 4 heteroatoms. The zero-order chi connectivity index (χ0) is 18.8. The van der Waals surface area contributed by atoms with Crippen LogP contribution in [0.4, 0.5) is 0 Å². The Morgan fingerprint density at radius 3 is 2.42 bits per heavy atom. The molecule has 0 aliphatic heterocycles. The molecule has 0 spiro atoms. The lowest BCUT2D eigenvalue weighted by molar-refractivity contribution is 0.102. The van der Waals surface area contributed by atoms with Gasteiger partial charge in [-0.3, -0.25) is 4.79 Å². The van der Waals surface area contributed by atoms with Gasteiger partial charge in [0.25, 0.3) is 0 Å². The largest absolute Gasteiger partial charge is 0.318 e. The van der Waals surface area contributed by atoms with Gasteiger partial charge in [0.1, 0.15) is 0 Å². The van der Waals surface area contributed by atoms with Crippen molar-refractivity contribution in [2.75, 3.05) is 5.75 Å². The van der Waals surface area contributed by atoms with E-state index in [1.54, 1.807) is 0 Å². The predicted octanol–water partition coefficient (Wildman–Crippen LogP) is 6.34. The molecule has 3 rings (SSSR count). The van der Waals surface area contributed by atoms with Crippen molar-refractivity contribution < 1.29 is 4.79 Å². The van der Waals surface area contributed by atoms with Gasteiger partial charge >= 0.3 is 0 Å². The first kappa shape index (κ1) is 18.8. The van der Waals surface area contributed by atoms with E-state index in [0.29, 0.717) is 10.8 Å². The molecule has 2 aromatic carbocycles. The maximum Gasteiger partial charge on any atom is 0.174 e. The van der Waals surface area contributed by atoms with Crippen molar-refractivity contribution in [3.63, 3.8) is 0 Å². The number of halogens is 1. The van der Waals surface area contributed by atoms with E-state index in [9.17, 15) is 4.79 Å². The summed E-state index contributed by atoms with van der Waals surface area (Å²) in [7, 11) is 0. The fraction of sp³-hybridized carbons (Fsp3) is 0.227. The van der Waals surface area contributed by atoms with Gasteiger partial charge in [-0.2, -0.15) is 0 Å². The summed E-state index contributed by atoms with van der Waals surface area (Å²) < 4.78 is 2.15. The van der Waals surface area contributed by atoms with Crippen LogP contribution in [-0.2, 0) is 0 Å². The quantitative estimate of drug-likeness (QED) is 0.379. The highest BCUT2D eigenvalue weighted by Gasteiger charge is 2.17. The predicted molar refractivity (Wildman–Crippen MR) is 111 cm³/mol.